The van der Waals surface area contributed by atoms with Crippen LogP contribution in [0.5, 0.6) is 0 Å². The molecule has 3 heteroatoms. The Kier molecular flexibility index (Phi) is 3.65. The molecule has 1 saturated heterocycles. The Bertz CT molecular complexity index is 547. The Morgan fingerprint density at radius 1 is 1.37 bits per heavy atom. The van der Waals surface area contributed by atoms with Gasteiger partial charge in [0.05, 0.1) is 0 Å². The summed E-state index contributed by atoms with van der Waals surface area (Å²) in [5, 5.41) is 6.17. The van der Waals surface area contributed by atoms with Gasteiger partial charge in [-0.25, -0.2) is 0 Å². The van der Waals surface area contributed by atoms with Crippen LogP contribution in [0.3, 0.4) is 0 Å². The first-order chi connectivity index (χ1) is 9.38. The van der Waals surface area contributed by atoms with Crippen LogP contribution in [0.15, 0.2) is 36.7 Å². The predicted molar refractivity (Wildman–Crippen MR) is 80.7 cm³/mol. The van der Waals surface area contributed by atoms with Crippen LogP contribution in [-0.2, 0) is 0 Å². The van der Waals surface area contributed by atoms with Gasteiger partial charge in [-0.05, 0) is 31.5 Å². The molecule has 1 fully saturated rings. The minimum atomic E-state index is 0.597. The number of fused-ring (bicyclic) bond motifs is 1. The van der Waals surface area contributed by atoms with Crippen LogP contribution in [0.2, 0.25) is 0 Å². The van der Waals surface area contributed by atoms with Crippen LogP contribution in [0.1, 0.15) is 19.8 Å². The summed E-state index contributed by atoms with van der Waals surface area (Å²) in [6, 6.07) is 9.24. The van der Waals surface area contributed by atoms with Gasteiger partial charge in [0.2, 0.25) is 0 Å². The molecule has 1 N–H and O–H groups in total. The number of anilines is 1. The van der Waals surface area contributed by atoms with E-state index in [9.17, 15) is 0 Å². The summed E-state index contributed by atoms with van der Waals surface area (Å²) < 4.78 is 0. The maximum atomic E-state index is 4.22. The molecule has 1 aliphatic rings. The van der Waals surface area contributed by atoms with E-state index < -0.39 is 0 Å². The van der Waals surface area contributed by atoms with Gasteiger partial charge in [0, 0.05) is 48.0 Å². The van der Waals surface area contributed by atoms with Crippen molar-refractivity contribution in [1.29, 1.82) is 0 Å². The molecule has 0 bridgehead atoms. The minimum absolute atomic E-state index is 0.597. The molecule has 2 aromatic rings. The molecule has 3 rings (SSSR count). The van der Waals surface area contributed by atoms with Crippen LogP contribution < -0.4 is 10.2 Å². The molecule has 1 aliphatic heterocycles. The first-order valence-corrected chi connectivity index (χ1v) is 7.19. The van der Waals surface area contributed by atoms with Crippen LogP contribution in [0.4, 0.5) is 5.69 Å². The van der Waals surface area contributed by atoms with Gasteiger partial charge >= 0.3 is 0 Å². The van der Waals surface area contributed by atoms with Crippen molar-refractivity contribution in [1.82, 2.24) is 10.3 Å². The lowest BCUT2D eigenvalue weighted by molar-refractivity contribution is 0.529. The molecule has 0 amide bonds. The summed E-state index contributed by atoms with van der Waals surface area (Å²) in [7, 11) is 0. The highest BCUT2D eigenvalue weighted by Crippen LogP contribution is 2.27. The molecule has 1 aromatic heterocycles. The van der Waals surface area contributed by atoms with E-state index in [1.165, 1.54) is 29.3 Å². The number of rotatable bonds is 2. The molecule has 0 saturated carbocycles. The molecule has 0 spiro atoms. The van der Waals surface area contributed by atoms with Gasteiger partial charge in [0.1, 0.15) is 0 Å². The van der Waals surface area contributed by atoms with Crippen LogP contribution in [0.25, 0.3) is 10.8 Å². The summed E-state index contributed by atoms with van der Waals surface area (Å²) >= 11 is 0. The van der Waals surface area contributed by atoms with E-state index in [2.05, 4.69) is 46.4 Å². The summed E-state index contributed by atoms with van der Waals surface area (Å²) in [5.41, 5.74) is 1.35. The zero-order chi connectivity index (χ0) is 13.1. The molecule has 1 atom stereocenters. The van der Waals surface area contributed by atoms with Crippen molar-refractivity contribution < 1.29 is 0 Å². The maximum absolute atomic E-state index is 4.22. The van der Waals surface area contributed by atoms with E-state index in [-0.39, 0.29) is 0 Å². The van der Waals surface area contributed by atoms with E-state index in [4.69, 9.17) is 0 Å². The van der Waals surface area contributed by atoms with Crippen molar-refractivity contribution in [2.75, 3.05) is 24.5 Å². The summed E-state index contributed by atoms with van der Waals surface area (Å²) in [5.74, 6) is 0. The molecule has 3 nitrogen and oxygen atoms in total. The summed E-state index contributed by atoms with van der Waals surface area (Å²) in [6.45, 7) is 5.61. The lowest BCUT2D eigenvalue weighted by Gasteiger charge is -2.27. The van der Waals surface area contributed by atoms with Gasteiger partial charge in [-0.1, -0.05) is 19.1 Å². The number of hydrogen-bond acceptors (Lipinski definition) is 3. The smallest absolute Gasteiger partial charge is 0.0447 e. The van der Waals surface area contributed by atoms with E-state index in [1.807, 2.05) is 12.4 Å². The fourth-order valence-electron chi connectivity index (χ4n) is 2.87. The van der Waals surface area contributed by atoms with Gasteiger partial charge in [-0.15, -0.1) is 0 Å². The van der Waals surface area contributed by atoms with Gasteiger partial charge in [0.25, 0.3) is 0 Å². The third-order valence-electron chi connectivity index (χ3n) is 3.97. The fraction of sp³-hybridized carbons (Fsp3) is 0.438. The largest absolute Gasteiger partial charge is 0.369 e. The van der Waals surface area contributed by atoms with Crippen molar-refractivity contribution in [2.24, 2.45) is 0 Å². The first-order valence-electron chi connectivity index (χ1n) is 7.19. The van der Waals surface area contributed by atoms with E-state index in [0.29, 0.717) is 6.04 Å². The molecule has 1 unspecified atom stereocenters. The highest BCUT2D eigenvalue weighted by Gasteiger charge is 2.17. The number of benzene rings is 1. The van der Waals surface area contributed by atoms with Crippen molar-refractivity contribution in [3.05, 3.63) is 36.7 Å². The van der Waals surface area contributed by atoms with Crippen molar-refractivity contribution >= 4 is 16.5 Å². The summed E-state index contributed by atoms with van der Waals surface area (Å²) in [4.78, 5) is 6.74. The minimum Gasteiger partial charge on any atom is -0.369 e. The van der Waals surface area contributed by atoms with Crippen LogP contribution >= 0.6 is 0 Å². The molecule has 19 heavy (non-hydrogen) atoms. The van der Waals surface area contributed by atoms with Gasteiger partial charge in [-0.3, -0.25) is 4.98 Å². The number of nitrogens with one attached hydrogen (secondary N) is 1. The quantitative estimate of drug-likeness (QED) is 0.894. The maximum Gasteiger partial charge on any atom is 0.0447 e. The molecular weight excluding hydrogens is 234 g/mol. The van der Waals surface area contributed by atoms with Crippen LogP contribution in [-0.4, -0.2) is 30.7 Å². The number of aromatic nitrogens is 1. The zero-order valence-corrected chi connectivity index (χ0v) is 11.5. The monoisotopic (exact) mass is 255 g/mol. The van der Waals surface area contributed by atoms with Gasteiger partial charge < -0.3 is 10.2 Å². The lowest BCUT2D eigenvalue weighted by atomic mass is 10.1. The van der Waals surface area contributed by atoms with Gasteiger partial charge in [-0.2, -0.15) is 0 Å². The van der Waals surface area contributed by atoms with Crippen LogP contribution in [0, 0.1) is 0 Å². The first kappa shape index (κ1) is 12.4. The second kappa shape index (κ2) is 5.57. The molecule has 1 aromatic carbocycles. The normalized spacial score (nSPS) is 20.5. The highest BCUT2D eigenvalue weighted by atomic mass is 15.2. The summed E-state index contributed by atoms with van der Waals surface area (Å²) in [6.07, 6.45) is 6.23. The third-order valence-corrected chi connectivity index (χ3v) is 3.97. The number of nitrogens with zero attached hydrogens (tertiary/aromatic N) is 2. The van der Waals surface area contributed by atoms with Crippen molar-refractivity contribution in [2.45, 2.75) is 25.8 Å². The fourth-order valence-corrected chi connectivity index (χ4v) is 2.87. The number of hydrogen-bond donors (Lipinski definition) is 1. The molecule has 0 radical (unpaired) electrons. The number of pyridine rings is 1. The van der Waals surface area contributed by atoms with E-state index >= 15 is 0 Å². The topological polar surface area (TPSA) is 28.2 Å². The lowest BCUT2D eigenvalue weighted by Crippen LogP contribution is -2.37. The second-order valence-electron chi connectivity index (χ2n) is 5.23. The SMILES string of the molecule is CCC1CN(c2cccc3cnccc23)CCCN1. The predicted octanol–water partition coefficient (Wildman–Crippen LogP) is 2.81. The Morgan fingerprint density at radius 2 is 2.32 bits per heavy atom. The Hall–Kier alpha value is -1.61. The second-order valence-corrected chi connectivity index (χ2v) is 5.23. The Balaban J connectivity index is 1.98. The average Bonchev–Trinajstić information content (AvgIpc) is 2.72. The Morgan fingerprint density at radius 3 is 3.21 bits per heavy atom. The van der Waals surface area contributed by atoms with Crippen molar-refractivity contribution in [3.8, 4) is 0 Å². The Labute approximate surface area is 114 Å². The van der Waals surface area contributed by atoms with Crippen molar-refractivity contribution in [3.63, 3.8) is 0 Å². The average molecular weight is 255 g/mol. The highest BCUT2D eigenvalue weighted by molar-refractivity contribution is 5.93. The molecule has 2 heterocycles. The van der Waals surface area contributed by atoms with E-state index in [0.717, 1.165) is 19.6 Å². The standard InChI is InChI=1S/C16H21N3/c1-2-14-12-19(10-4-8-18-14)16-6-3-5-13-11-17-9-7-15(13)16/h3,5-7,9,11,14,18H,2,4,8,10,12H2,1H3. The molecule has 0 aliphatic carbocycles. The molecular formula is C16H21N3. The third kappa shape index (κ3) is 2.56. The van der Waals surface area contributed by atoms with Gasteiger partial charge in [0.15, 0.2) is 0 Å². The zero-order valence-electron chi connectivity index (χ0n) is 11.5. The van der Waals surface area contributed by atoms with E-state index in [1.54, 1.807) is 0 Å². The molecule has 100 valence electrons.